The lowest BCUT2D eigenvalue weighted by Crippen LogP contribution is -2.34. The highest BCUT2D eigenvalue weighted by Crippen LogP contribution is 2.13. The van der Waals surface area contributed by atoms with Crippen LogP contribution in [0.25, 0.3) is 0 Å². The number of carbonyl (C=O) groups excluding carboxylic acids is 1. The first-order valence-electron chi connectivity index (χ1n) is 6.49. The third-order valence-corrected chi connectivity index (χ3v) is 3.17. The summed E-state index contributed by atoms with van der Waals surface area (Å²) < 4.78 is 0. The Kier molecular flexibility index (Phi) is 4.64. The minimum Gasteiger partial charge on any atom is -0.350 e. The van der Waals surface area contributed by atoms with Crippen molar-refractivity contribution < 1.29 is 4.79 Å². The summed E-state index contributed by atoms with van der Waals surface area (Å²) in [7, 11) is 0. The summed E-state index contributed by atoms with van der Waals surface area (Å²) in [6, 6.07) is 0. The van der Waals surface area contributed by atoms with Gasteiger partial charge in [-0.15, -0.1) is 0 Å². The fourth-order valence-corrected chi connectivity index (χ4v) is 2.13. The van der Waals surface area contributed by atoms with Crippen LogP contribution in [0.3, 0.4) is 0 Å². The van der Waals surface area contributed by atoms with E-state index in [4.69, 9.17) is 0 Å². The van der Waals surface area contributed by atoms with Crippen LogP contribution in [0.2, 0.25) is 0 Å². The maximum atomic E-state index is 11.8. The molecule has 1 unspecified atom stereocenters. The van der Waals surface area contributed by atoms with Crippen LogP contribution in [-0.2, 0) is 11.3 Å². The number of nitrogens with zero attached hydrogens (tertiary/aromatic N) is 2. The molecule has 1 aliphatic rings. The van der Waals surface area contributed by atoms with Crippen molar-refractivity contribution in [1.29, 1.82) is 0 Å². The molecule has 2 N–H and O–H groups in total. The minimum absolute atomic E-state index is 0.103. The topological polar surface area (TPSA) is 66.9 Å². The molecular weight excluding hydrogens is 228 g/mol. The summed E-state index contributed by atoms with van der Waals surface area (Å²) in [5.74, 6) is 0.578. The molecule has 1 aromatic rings. The van der Waals surface area contributed by atoms with Gasteiger partial charge in [-0.05, 0) is 38.8 Å². The first-order chi connectivity index (χ1) is 8.74. The molecule has 1 fully saturated rings. The molecule has 0 bridgehead atoms. The van der Waals surface area contributed by atoms with Gasteiger partial charge in [0.15, 0.2) is 0 Å². The largest absolute Gasteiger partial charge is 0.350 e. The monoisotopic (exact) mass is 248 g/mol. The molecule has 2 heterocycles. The Morgan fingerprint density at radius 1 is 1.50 bits per heavy atom. The SMILES string of the molecule is Cc1cnc(CNC(=O)CC2CCCNC2)cn1. The van der Waals surface area contributed by atoms with E-state index in [2.05, 4.69) is 20.6 Å². The van der Waals surface area contributed by atoms with Gasteiger partial charge in [0, 0.05) is 12.6 Å². The van der Waals surface area contributed by atoms with E-state index in [1.807, 2.05) is 6.92 Å². The first-order valence-corrected chi connectivity index (χ1v) is 6.49. The van der Waals surface area contributed by atoms with E-state index in [1.54, 1.807) is 12.4 Å². The predicted molar refractivity (Wildman–Crippen MR) is 68.8 cm³/mol. The highest BCUT2D eigenvalue weighted by atomic mass is 16.1. The molecule has 0 aromatic carbocycles. The lowest BCUT2D eigenvalue weighted by Gasteiger charge is -2.21. The third-order valence-electron chi connectivity index (χ3n) is 3.17. The van der Waals surface area contributed by atoms with E-state index >= 15 is 0 Å². The van der Waals surface area contributed by atoms with Crippen LogP contribution in [0.15, 0.2) is 12.4 Å². The number of piperidine rings is 1. The zero-order valence-corrected chi connectivity index (χ0v) is 10.8. The van der Waals surface area contributed by atoms with Gasteiger partial charge < -0.3 is 10.6 Å². The van der Waals surface area contributed by atoms with Crippen molar-refractivity contribution in [2.45, 2.75) is 32.7 Å². The minimum atomic E-state index is 0.103. The lowest BCUT2D eigenvalue weighted by molar-refractivity contribution is -0.122. The van der Waals surface area contributed by atoms with Gasteiger partial charge in [0.2, 0.25) is 5.91 Å². The van der Waals surface area contributed by atoms with Crippen molar-refractivity contribution in [3.63, 3.8) is 0 Å². The van der Waals surface area contributed by atoms with Crippen molar-refractivity contribution in [3.05, 3.63) is 23.8 Å². The Balaban J connectivity index is 1.72. The molecule has 0 radical (unpaired) electrons. The molecule has 1 atom stereocenters. The van der Waals surface area contributed by atoms with Crippen LogP contribution in [-0.4, -0.2) is 29.0 Å². The third kappa shape index (κ3) is 4.07. The number of hydrogen-bond acceptors (Lipinski definition) is 4. The van der Waals surface area contributed by atoms with Crippen LogP contribution in [0.4, 0.5) is 0 Å². The first kappa shape index (κ1) is 13.0. The fourth-order valence-electron chi connectivity index (χ4n) is 2.13. The van der Waals surface area contributed by atoms with Gasteiger partial charge in [-0.1, -0.05) is 0 Å². The van der Waals surface area contributed by atoms with Crippen LogP contribution in [0.5, 0.6) is 0 Å². The molecule has 5 heteroatoms. The van der Waals surface area contributed by atoms with E-state index in [-0.39, 0.29) is 5.91 Å². The number of aromatic nitrogens is 2. The Morgan fingerprint density at radius 2 is 2.39 bits per heavy atom. The quantitative estimate of drug-likeness (QED) is 0.826. The van der Waals surface area contributed by atoms with E-state index in [1.165, 1.54) is 6.42 Å². The molecule has 1 amide bonds. The smallest absolute Gasteiger partial charge is 0.220 e. The number of hydrogen-bond donors (Lipinski definition) is 2. The van der Waals surface area contributed by atoms with Crippen molar-refractivity contribution in [3.8, 4) is 0 Å². The van der Waals surface area contributed by atoms with E-state index in [9.17, 15) is 4.79 Å². The summed E-state index contributed by atoms with van der Waals surface area (Å²) >= 11 is 0. The number of amides is 1. The number of rotatable bonds is 4. The van der Waals surface area contributed by atoms with Crippen molar-refractivity contribution in [2.24, 2.45) is 5.92 Å². The van der Waals surface area contributed by atoms with Gasteiger partial charge in [0.25, 0.3) is 0 Å². The molecule has 1 aliphatic heterocycles. The van der Waals surface area contributed by atoms with Crippen molar-refractivity contribution in [2.75, 3.05) is 13.1 Å². The van der Waals surface area contributed by atoms with E-state index in [0.717, 1.165) is 30.9 Å². The molecule has 1 aromatic heterocycles. The zero-order chi connectivity index (χ0) is 12.8. The molecule has 2 rings (SSSR count). The Hall–Kier alpha value is -1.49. The summed E-state index contributed by atoms with van der Waals surface area (Å²) in [5.41, 5.74) is 1.69. The maximum Gasteiger partial charge on any atom is 0.220 e. The average molecular weight is 248 g/mol. The van der Waals surface area contributed by atoms with Crippen LogP contribution < -0.4 is 10.6 Å². The highest BCUT2D eigenvalue weighted by molar-refractivity contribution is 5.76. The molecule has 5 nitrogen and oxygen atoms in total. The van der Waals surface area contributed by atoms with Gasteiger partial charge in [-0.2, -0.15) is 0 Å². The predicted octanol–water partition coefficient (Wildman–Crippen LogP) is 0.791. The number of carbonyl (C=O) groups is 1. The molecule has 0 saturated carbocycles. The second-order valence-corrected chi connectivity index (χ2v) is 4.84. The second-order valence-electron chi connectivity index (χ2n) is 4.84. The van der Waals surface area contributed by atoms with E-state index in [0.29, 0.717) is 18.9 Å². The lowest BCUT2D eigenvalue weighted by atomic mass is 9.96. The summed E-state index contributed by atoms with van der Waals surface area (Å²) in [5, 5.41) is 6.21. The standard InChI is InChI=1S/C13H20N4O/c1-10-6-16-12(8-15-10)9-17-13(18)5-11-3-2-4-14-7-11/h6,8,11,14H,2-5,7,9H2,1H3,(H,17,18). The van der Waals surface area contributed by atoms with Gasteiger partial charge in [-0.25, -0.2) is 0 Å². The molecule has 18 heavy (non-hydrogen) atoms. The molecule has 0 aliphatic carbocycles. The zero-order valence-electron chi connectivity index (χ0n) is 10.8. The van der Waals surface area contributed by atoms with Gasteiger partial charge >= 0.3 is 0 Å². The fraction of sp³-hybridized carbons (Fsp3) is 0.615. The maximum absolute atomic E-state index is 11.8. The number of aryl methyl sites for hydroxylation is 1. The van der Waals surface area contributed by atoms with E-state index < -0.39 is 0 Å². The molecule has 1 saturated heterocycles. The van der Waals surface area contributed by atoms with Crippen molar-refractivity contribution in [1.82, 2.24) is 20.6 Å². The Bertz CT molecular complexity index is 384. The molecule has 98 valence electrons. The Labute approximate surface area is 107 Å². The van der Waals surface area contributed by atoms with Gasteiger partial charge in [0.1, 0.15) is 0 Å². The van der Waals surface area contributed by atoms with Crippen LogP contribution in [0, 0.1) is 12.8 Å². The number of nitrogens with one attached hydrogen (secondary N) is 2. The molecular formula is C13H20N4O. The summed E-state index contributed by atoms with van der Waals surface area (Å²) in [6.45, 7) is 4.40. The van der Waals surface area contributed by atoms with Crippen LogP contribution in [0.1, 0.15) is 30.7 Å². The normalized spacial score (nSPS) is 19.5. The summed E-state index contributed by atoms with van der Waals surface area (Å²) in [4.78, 5) is 20.1. The van der Waals surface area contributed by atoms with Crippen LogP contribution >= 0.6 is 0 Å². The second kappa shape index (κ2) is 6.44. The average Bonchev–Trinajstić information content (AvgIpc) is 2.39. The molecule has 0 spiro atoms. The van der Waals surface area contributed by atoms with Gasteiger partial charge in [-0.3, -0.25) is 14.8 Å². The van der Waals surface area contributed by atoms with Gasteiger partial charge in [0.05, 0.1) is 24.1 Å². The Morgan fingerprint density at radius 3 is 3.06 bits per heavy atom. The summed E-state index contributed by atoms with van der Waals surface area (Å²) in [6.07, 6.45) is 6.34. The van der Waals surface area contributed by atoms with Crippen molar-refractivity contribution >= 4 is 5.91 Å². The highest BCUT2D eigenvalue weighted by Gasteiger charge is 2.16.